The Morgan fingerprint density at radius 2 is 1.95 bits per heavy atom. The van der Waals surface area contributed by atoms with Gasteiger partial charge in [0.2, 0.25) is 5.15 Å². The van der Waals surface area contributed by atoms with E-state index in [1.807, 2.05) is 24.3 Å². The molecule has 1 aromatic carbocycles. The van der Waals surface area contributed by atoms with Crippen LogP contribution < -0.4 is 0 Å². The highest BCUT2D eigenvalue weighted by molar-refractivity contribution is 6.31. The normalized spacial score (nSPS) is 10.4. The maximum absolute atomic E-state index is 11.0. The molecule has 1 aromatic heterocycles. The van der Waals surface area contributed by atoms with Crippen LogP contribution in [-0.4, -0.2) is 14.9 Å². The van der Waals surface area contributed by atoms with Crippen molar-refractivity contribution in [2.75, 3.05) is 0 Å². The van der Waals surface area contributed by atoms with Crippen LogP contribution in [0.5, 0.6) is 0 Å². The van der Waals surface area contributed by atoms with Gasteiger partial charge < -0.3 is 0 Å². The number of hydrogen-bond acceptors (Lipinski definition) is 4. The molecular weight excluding hydrogens is 266 g/mol. The lowest BCUT2D eigenvalue weighted by atomic mass is 10.1. The Hall–Kier alpha value is -2.01. The Labute approximate surface area is 115 Å². The number of halogens is 1. The van der Waals surface area contributed by atoms with E-state index in [0.29, 0.717) is 5.56 Å². The van der Waals surface area contributed by atoms with E-state index in [4.69, 9.17) is 11.6 Å². The van der Waals surface area contributed by atoms with Gasteiger partial charge in [-0.2, -0.15) is 0 Å². The average molecular weight is 278 g/mol. The monoisotopic (exact) mass is 277 g/mol. The van der Waals surface area contributed by atoms with Crippen LogP contribution in [0.1, 0.15) is 18.9 Å². The highest BCUT2D eigenvalue weighted by Crippen LogP contribution is 2.32. The molecule has 0 spiro atoms. The Morgan fingerprint density at radius 3 is 2.53 bits per heavy atom. The summed E-state index contributed by atoms with van der Waals surface area (Å²) in [5, 5.41) is 10.9. The van der Waals surface area contributed by atoms with Gasteiger partial charge in [0.05, 0.1) is 4.92 Å². The number of hydrogen-bond donors (Lipinski definition) is 0. The van der Waals surface area contributed by atoms with E-state index in [1.54, 1.807) is 0 Å². The first-order valence-electron chi connectivity index (χ1n) is 5.87. The fourth-order valence-corrected chi connectivity index (χ4v) is 2.05. The first kappa shape index (κ1) is 13.4. The third kappa shape index (κ3) is 2.88. The summed E-state index contributed by atoms with van der Waals surface area (Å²) < 4.78 is 0. The molecule has 0 saturated heterocycles. The van der Waals surface area contributed by atoms with Crippen LogP contribution in [0.15, 0.2) is 30.6 Å². The molecule has 2 aromatic rings. The highest BCUT2D eigenvalue weighted by atomic mass is 35.5. The molecule has 0 bridgehead atoms. The number of nitrogens with zero attached hydrogens (tertiary/aromatic N) is 3. The van der Waals surface area contributed by atoms with Crippen LogP contribution in [0, 0.1) is 10.1 Å². The van der Waals surface area contributed by atoms with Crippen molar-refractivity contribution in [3.05, 3.63) is 51.4 Å². The second kappa shape index (κ2) is 5.75. The van der Waals surface area contributed by atoms with Gasteiger partial charge in [0.1, 0.15) is 6.33 Å². The molecule has 98 valence electrons. The summed E-state index contributed by atoms with van der Waals surface area (Å²) in [5.74, 6) is 0. The standard InChI is InChI=1S/C13H12ClN3O2/c1-2-3-9-4-6-10(7-5-9)11-12(17(18)19)13(14)16-8-15-11/h4-8H,2-3H2,1H3. The van der Waals surface area contributed by atoms with Crippen LogP contribution in [0.2, 0.25) is 5.15 Å². The number of aromatic nitrogens is 2. The Kier molecular flexibility index (Phi) is 4.06. The molecule has 19 heavy (non-hydrogen) atoms. The molecule has 0 amide bonds. The zero-order chi connectivity index (χ0) is 13.8. The van der Waals surface area contributed by atoms with Crippen molar-refractivity contribution in [1.82, 2.24) is 9.97 Å². The molecule has 2 rings (SSSR count). The lowest BCUT2D eigenvalue weighted by Gasteiger charge is -2.04. The number of benzene rings is 1. The molecular formula is C13H12ClN3O2. The Balaban J connectivity index is 2.47. The van der Waals surface area contributed by atoms with E-state index in [9.17, 15) is 10.1 Å². The van der Waals surface area contributed by atoms with Crippen molar-refractivity contribution in [3.63, 3.8) is 0 Å². The van der Waals surface area contributed by atoms with Crippen LogP contribution in [0.3, 0.4) is 0 Å². The third-order valence-electron chi connectivity index (χ3n) is 2.73. The number of aryl methyl sites for hydroxylation is 1. The fraction of sp³-hybridized carbons (Fsp3) is 0.231. The van der Waals surface area contributed by atoms with Gasteiger partial charge in [-0.25, -0.2) is 9.97 Å². The molecule has 0 aliphatic heterocycles. The molecule has 0 atom stereocenters. The topological polar surface area (TPSA) is 68.9 Å². The quantitative estimate of drug-likeness (QED) is 0.486. The van der Waals surface area contributed by atoms with Crippen molar-refractivity contribution in [2.24, 2.45) is 0 Å². The summed E-state index contributed by atoms with van der Waals surface area (Å²) in [7, 11) is 0. The molecule has 0 aliphatic carbocycles. The van der Waals surface area contributed by atoms with E-state index >= 15 is 0 Å². The van der Waals surface area contributed by atoms with Gasteiger partial charge >= 0.3 is 5.69 Å². The zero-order valence-corrected chi connectivity index (χ0v) is 11.1. The SMILES string of the molecule is CCCc1ccc(-c2ncnc(Cl)c2[N+](=O)[O-])cc1. The number of rotatable bonds is 4. The summed E-state index contributed by atoms with van der Waals surface area (Å²) in [5.41, 5.74) is 1.84. The molecule has 0 N–H and O–H groups in total. The summed E-state index contributed by atoms with van der Waals surface area (Å²) in [6.45, 7) is 2.10. The van der Waals surface area contributed by atoms with Gasteiger partial charge in [0, 0.05) is 5.56 Å². The van der Waals surface area contributed by atoms with Gasteiger partial charge in [0.15, 0.2) is 5.69 Å². The molecule has 6 heteroatoms. The van der Waals surface area contributed by atoms with Crippen LogP contribution in [0.25, 0.3) is 11.3 Å². The summed E-state index contributed by atoms with van der Waals surface area (Å²) in [4.78, 5) is 18.1. The first-order valence-corrected chi connectivity index (χ1v) is 6.25. The zero-order valence-electron chi connectivity index (χ0n) is 10.3. The number of nitro groups is 1. The lowest BCUT2D eigenvalue weighted by Crippen LogP contribution is -1.97. The van der Waals surface area contributed by atoms with E-state index in [2.05, 4.69) is 16.9 Å². The predicted octanol–water partition coefficient (Wildman–Crippen LogP) is 3.66. The smallest absolute Gasteiger partial charge is 0.258 e. The van der Waals surface area contributed by atoms with E-state index in [1.165, 1.54) is 11.9 Å². The van der Waals surface area contributed by atoms with Crippen LogP contribution in [0.4, 0.5) is 5.69 Å². The van der Waals surface area contributed by atoms with Crippen molar-refractivity contribution in [2.45, 2.75) is 19.8 Å². The van der Waals surface area contributed by atoms with Gasteiger partial charge in [-0.15, -0.1) is 0 Å². The van der Waals surface area contributed by atoms with Gasteiger partial charge in [-0.05, 0) is 12.0 Å². The van der Waals surface area contributed by atoms with Crippen molar-refractivity contribution >= 4 is 17.3 Å². The summed E-state index contributed by atoms with van der Waals surface area (Å²) in [6, 6.07) is 7.52. The second-order valence-corrected chi connectivity index (χ2v) is 4.42. The predicted molar refractivity (Wildman–Crippen MR) is 73.1 cm³/mol. The van der Waals surface area contributed by atoms with Crippen molar-refractivity contribution in [3.8, 4) is 11.3 Å². The van der Waals surface area contributed by atoms with Crippen LogP contribution >= 0.6 is 11.6 Å². The Morgan fingerprint density at radius 1 is 1.26 bits per heavy atom. The molecule has 0 radical (unpaired) electrons. The molecule has 0 saturated carbocycles. The largest absolute Gasteiger partial charge is 0.332 e. The van der Waals surface area contributed by atoms with Crippen molar-refractivity contribution in [1.29, 1.82) is 0 Å². The fourth-order valence-electron chi connectivity index (χ4n) is 1.85. The maximum Gasteiger partial charge on any atom is 0.332 e. The lowest BCUT2D eigenvalue weighted by molar-refractivity contribution is -0.384. The summed E-state index contributed by atoms with van der Waals surface area (Å²) in [6.07, 6.45) is 3.26. The second-order valence-electron chi connectivity index (χ2n) is 4.07. The highest BCUT2D eigenvalue weighted by Gasteiger charge is 2.22. The Bertz CT molecular complexity index is 599. The average Bonchev–Trinajstić information content (AvgIpc) is 2.39. The minimum absolute atomic E-state index is 0.146. The molecule has 0 unspecified atom stereocenters. The van der Waals surface area contributed by atoms with E-state index in [-0.39, 0.29) is 16.5 Å². The van der Waals surface area contributed by atoms with Gasteiger partial charge in [-0.1, -0.05) is 49.2 Å². The van der Waals surface area contributed by atoms with Crippen LogP contribution in [-0.2, 0) is 6.42 Å². The minimum atomic E-state index is -0.558. The minimum Gasteiger partial charge on any atom is -0.258 e. The van der Waals surface area contributed by atoms with Gasteiger partial charge in [0.25, 0.3) is 0 Å². The molecule has 5 nitrogen and oxygen atoms in total. The maximum atomic E-state index is 11.0. The molecule has 1 heterocycles. The van der Waals surface area contributed by atoms with Gasteiger partial charge in [-0.3, -0.25) is 10.1 Å². The first-order chi connectivity index (χ1) is 9.13. The summed E-state index contributed by atoms with van der Waals surface area (Å²) >= 11 is 5.76. The molecule has 0 fully saturated rings. The van der Waals surface area contributed by atoms with Crippen molar-refractivity contribution < 1.29 is 4.92 Å². The third-order valence-corrected chi connectivity index (χ3v) is 3.00. The molecule has 0 aliphatic rings. The van der Waals surface area contributed by atoms with E-state index in [0.717, 1.165) is 12.8 Å². The van der Waals surface area contributed by atoms with E-state index < -0.39 is 4.92 Å².